The van der Waals surface area contributed by atoms with Crippen molar-refractivity contribution in [2.24, 2.45) is 0 Å². The number of esters is 1. The molecule has 3 N–H and O–H groups in total. The maximum Gasteiger partial charge on any atom is 0.408 e. The van der Waals surface area contributed by atoms with Crippen LogP contribution in [0.25, 0.3) is 0 Å². The van der Waals surface area contributed by atoms with E-state index in [4.69, 9.17) is 24.4 Å². The van der Waals surface area contributed by atoms with E-state index in [9.17, 15) is 9.59 Å². The Morgan fingerprint density at radius 3 is 2.46 bits per heavy atom. The van der Waals surface area contributed by atoms with E-state index < -0.39 is 29.5 Å². The monoisotopic (exact) mass is 399 g/mol. The Hall–Kier alpha value is -2.13. The van der Waals surface area contributed by atoms with Crippen molar-refractivity contribution < 1.29 is 28.5 Å². The minimum atomic E-state index is -0.950. The lowest BCUT2D eigenvalue weighted by atomic mass is 10.1. The Morgan fingerprint density at radius 2 is 1.93 bits per heavy atom. The molecule has 0 aromatic rings. The highest BCUT2D eigenvalue weighted by Crippen LogP contribution is 2.23. The van der Waals surface area contributed by atoms with E-state index in [0.29, 0.717) is 25.3 Å². The van der Waals surface area contributed by atoms with Crippen LogP contribution in [0.4, 0.5) is 4.79 Å². The molecule has 1 aliphatic rings. The number of rotatable bonds is 10. The lowest BCUT2D eigenvalue weighted by Gasteiger charge is -2.23. The number of amides is 1. The van der Waals surface area contributed by atoms with Crippen LogP contribution >= 0.6 is 0 Å². The Morgan fingerprint density at radius 1 is 1.29 bits per heavy atom. The van der Waals surface area contributed by atoms with E-state index in [1.165, 1.54) is 7.11 Å². The molecule has 1 aliphatic heterocycles. The molecule has 1 saturated heterocycles. The van der Waals surface area contributed by atoms with Crippen molar-refractivity contribution in [2.75, 3.05) is 26.9 Å². The van der Waals surface area contributed by atoms with Crippen LogP contribution in [-0.4, -0.2) is 62.6 Å². The van der Waals surface area contributed by atoms with Crippen LogP contribution in [0.3, 0.4) is 0 Å². The first-order chi connectivity index (χ1) is 13.1. The predicted molar refractivity (Wildman–Crippen MR) is 104 cm³/mol. The second-order valence-electron chi connectivity index (χ2n) is 7.68. The first kappa shape index (κ1) is 23.9. The average Bonchev–Trinajstić information content (AvgIpc) is 3.03. The molecule has 1 atom stereocenters. The number of hydrogen-bond acceptors (Lipinski definition) is 8. The normalized spacial score (nSPS) is 17.5. The number of carbonyl (C=O) groups is 2. The van der Waals surface area contributed by atoms with Crippen molar-refractivity contribution in [2.45, 2.75) is 64.4 Å². The van der Waals surface area contributed by atoms with Gasteiger partial charge in [-0.2, -0.15) is 0 Å². The average molecular weight is 399 g/mol. The molecule has 1 rings (SSSR count). The van der Waals surface area contributed by atoms with Gasteiger partial charge in [-0.25, -0.2) is 9.59 Å². The fourth-order valence-electron chi connectivity index (χ4n) is 2.60. The molecular weight excluding hydrogens is 366 g/mol. The van der Waals surface area contributed by atoms with Gasteiger partial charge in [0.05, 0.1) is 20.3 Å². The zero-order valence-electron chi connectivity index (χ0n) is 17.4. The van der Waals surface area contributed by atoms with Gasteiger partial charge in [-0.3, -0.25) is 0 Å². The summed E-state index contributed by atoms with van der Waals surface area (Å²) < 4.78 is 21.0. The summed E-state index contributed by atoms with van der Waals surface area (Å²) in [6.45, 7) is 8.99. The summed E-state index contributed by atoms with van der Waals surface area (Å²) >= 11 is 0. The van der Waals surface area contributed by atoms with Crippen molar-refractivity contribution in [3.63, 3.8) is 0 Å². The van der Waals surface area contributed by atoms with Gasteiger partial charge in [-0.1, -0.05) is 0 Å². The molecule has 0 spiro atoms. The molecule has 1 amide bonds. The van der Waals surface area contributed by atoms with Crippen molar-refractivity contribution in [1.29, 1.82) is 5.41 Å². The summed E-state index contributed by atoms with van der Waals surface area (Å²) in [5.74, 6) is -1.13. The van der Waals surface area contributed by atoms with E-state index in [1.54, 1.807) is 27.0 Å². The molecule has 0 radical (unpaired) electrons. The van der Waals surface area contributed by atoms with Crippen molar-refractivity contribution in [3.05, 3.63) is 11.8 Å². The number of nitrogens with one attached hydrogen (secondary N) is 3. The van der Waals surface area contributed by atoms with E-state index in [1.807, 2.05) is 6.92 Å². The fraction of sp³-hybridized carbons (Fsp3) is 0.737. The van der Waals surface area contributed by atoms with Gasteiger partial charge in [0.1, 0.15) is 11.6 Å². The van der Waals surface area contributed by atoms with E-state index in [2.05, 4.69) is 10.6 Å². The molecule has 9 nitrogen and oxygen atoms in total. The maximum absolute atomic E-state index is 12.0. The van der Waals surface area contributed by atoms with E-state index in [-0.39, 0.29) is 6.42 Å². The van der Waals surface area contributed by atoms with Gasteiger partial charge in [0.2, 0.25) is 0 Å². The summed E-state index contributed by atoms with van der Waals surface area (Å²) in [4.78, 5) is 23.9. The quantitative estimate of drug-likeness (QED) is 0.292. The van der Waals surface area contributed by atoms with Crippen molar-refractivity contribution >= 4 is 18.3 Å². The molecule has 0 saturated carbocycles. The summed E-state index contributed by atoms with van der Waals surface area (Å²) in [5, 5.41) is 13.2. The molecule has 28 heavy (non-hydrogen) atoms. The first-order valence-electron chi connectivity index (χ1n) is 9.37. The number of alkyl carbamates (subject to hydrolysis) is 1. The molecule has 0 aromatic heterocycles. The Kier molecular flexibility index (Phi) is 9.40. The van der Waals surface area contributed by atoms with Crippen LogP contribution in [0.15, 0.2) is 11.8 Å². The van der Waals surface area contributed by atoms with Crippen molar-refractivity contribution in [1.82, 2.24) is 10.6 Å². The van der Waals surface area contributed by atoms with Crippen LogP contribution in [-0.2, 0) is 23.7 Å². The Labute approximate surface area is 166 Å². The highest BCUT2D eigenvalue weighted by atomic mass is 16.7. The van der Waals surface area contributed by atoms with Crippen molar-refractivity contribution in [3.8, 4) is 0 Å². The van der Waals surface area contributed by atoms with Crippen LogP contribution in [0.1, 0.15) is 47.0 Å². The summed E-state index contributed by atoms with van der Waals surface area (Å²) in [5.41, 5.74) is -0.151. The molecule has 1 heterocycles. The molecule has 0 bridgehead atoms. The number of methoxy groups -OCH3 is 1. The van der Waals surface area contributed by atoms with Gasteiger partial charge in [-0.05, 0) is 39.7 Å². The molecular formula is C19H33N3O6. The second kappa shape index (κ2) is 11.0. The van der Waals surface area contributed by atoms with Crippen LogP contribution in [0.2, 0.25) is 0 Å². The molecule has 0 aromatic carbocycles. The van der Waals surface area contributed by atoms with Gasteiger partial charge in [-0.15, -0.1) is 0 Å². The largest absolute Gasteiger partial charge is 0.467 e. The number of carbonyl (C=O) groups excluding carboxylic acids is 2. The van der Waals surface area contributed by atoms with Gasteiger partial charge in [0.15, 0.2) is 5.79 Å². The van der Waals surface area contributed by atoms with Gasteiger partial charge in [0.25, 0.3) is 0 Å². The standard InChI is InChI=1S/C19H33N3O6/c1-18(2,3)28-17(24)22-15(16(23)25-5)11-14(12-20)13-21-8-6-7-19(4)26-9-10-27-19/h12-13,15,20-21H,6-11H2,1-5H3,(H,22,24)/b14-13-,20-12?. The third-order valence-corrected chi connectivity index (χ3v) is 3.94. The summed E-state index contributed by atoms with van der Waals surface area (Å²) in [6, 6.07) is -0.950. The third-order valence-electron chi connectivity index (χ3n) is 3.94. The number of hydrogen-bond donors (Lipinski definition) is 3. The molecule has 160 valence electrons. The minimum Gasteiger partial charge on any atom is -0.467 e. The second-order valence-corrected chi connectivity index (χ2v) is 7.68. The van der Waals surface area contributed by atoms with Crippen LogP contribution < -0.4 is 10.6 Å². The van der Waals surface area contributed by atoms with Crippen LogP contribution in [0.5, 0.6) is 0 Å². The molecule has 9 heteroatoms. The van der Waals surface area contributed by atoms with Crippen LogP contribution in [0, 0.1) is 5.41 Å². The Balaban J connectivity index is 2.53. The SMILES string of the molecule is COC(=O)C(C/C(C=N)=C/NCCCC1(C)OCCO1)NC(=O)OC(C)(C)C. The van der Waals surface area contributed by atoms with E-state index >= 15 is 0 Å². The third kappa shape index (κ3) is 9.18. The fourth-order valence-corrected chi connectivity index (χ4v) is 2.60. The lowest BCUT2D eigenvalue weighted by molar-refractivity contribution is -0.147. The highest BCUT2D eigenvalue weighted by molar-refractivity contribution is 5.84. The summed E-state index contributed by atoms with van der Waals surface area (Å²) in [7, 11) is 1.24. The maximum atomic E-state index is 12.0. The summed E-state index contributed by atoms with van der Waals surface area (Å²) in [6.07, 6.45) is 3.73. The Bertz CT molecular complexity index is 565. The predicted octanol–water partition coefficient (Wildman–Crippen LogP) is 2.11. The molecule has 0 aliphatic carbocycles. The number of ether oxygens (including phenoxy) is 4. The van der Waals surface area contributed by atoms with E-state index in [0.717, 1.165) is 19.1 Å². The zero-order chi connectivity index (χ0) is 21.2. The molecule has 1 unspecified atom stereocenters. The van der Waals surface area contributed by atoms with Gasteiger partial charge >= 0.3 is 12.1 Å². The highest BCUT2D eigenvalue weighted by Gasteiger charge is 2.30. The first-order valence-corrected chi connectivity index (χ1v) is 9.37. The van der Waals surface area contributed by atoms with Gasteiger partial charge < -0.3 is 35.0 Å². The topological polar surface area (TPSA) is 119 Å². The van der Waals surface area contributed by atoms with Gasteiger partial charge in [0, 0.05) is 31.8 Å². The lowest BCUT2D eigenvalue weighted by Crippen LogP contribution is -2.44. The zero-order valence-corrected chi connectivity index (χ0v) is 17.4. The molecule has 1 fully saturated rings. The smallest absolute Gasteiger partial charge is 0.408 e. The minimum absolute atomic E-state index is 0.104.